The minimum atomic E-state index is -0.875. The molecule has 3 nitrogen and oxygen atoms in total. The third-order valence-electron chi connectivity index (χ3n) is 3.34. The standard InChI is InChI=1S/C14H19NO2/c1-10(14(17)11(2)16)15-8-7-12-5-3-4-6-13(12)9-15/h3-6,11,14,16-17H,1,7-9H2,2H3. The van der Waals surface area contributed by atoms with Crippen LogP contribution in [-0.2, 0) is 13.0 Å². The van der Waals surface area contributed by atoms with E-state index in [1.54, 1.807) is 6.92 Å². The zero-order chi connectivity index (χ0) is 12.4. The summed E-state index contributed by atoms with van der Waals surface area (Å²) in [7, 11) is 0. The lowest BCUT2D eigenvalue weighted by Crippen LogP contribution is -2.38. The number of fused-ring (bicyclic) bond motifs is 1. The molecule has 1 aliphatic rings. The first-order valence-corrected chi connectivity index (χ1v) is 5.96. The second-order valence-electron chi connectivity index (χ2n) is 4.62. The molecule has 0 saturated heterocycles. The van der Waals surface area contributed by atoms with Gasteiger partial charge in [-0.05, 0) is 24.5 Å². The molecule has 1 aromatic carbocycles. The molecule has 17 heavy (non-hydrogen) atoms. The topological polar surface area (TPSA) is 43.7 Å². The molecule has 2 N–H and O–H groups in total. The van der Waals surface area contributed by atoms with Crippen LogP contribution >= 0.6 is 0 Å². The second-order valence-corrected chi connectivity index (χ2v) is 4.62. The van der Waals surface area contributed by atoms with Gasteiger partial charge in [0.2, 0.25) is 0 Å². The van der Waals surface area contributed by atoms with E-state index < -0.39 is 12.2 Å². The number of rotatable bonds is 3. The van der Waals surface area contributed by atoms with Crippen molar-refractivity contribution in [3.05, 3.63) is 47.7 Å². The van der Waals surface area contributed by atoms with Gasteiger partial charge < -0.3 is 15.1 Å². The number of hydrogen-bond acceptors (Lipinski definition) is 3. The molecule has 0 fully saturated rings. The van der Waals surface area contributed by atoms with Crippen molar-refractivity contribution in [1.29, 1.82) is 0 Å². The van der Waals surface area contributed by atoms with Crippen LogP contribution < -0.4 is 0 Å². The summed E-state index contributed by atoms with van der Waals surface area (Å²) in [6.45, 7) is 7.08. The molecule has 1 aromatic rings. The van der Waals surface area contributed by atoms with Crippen LogP contribution in [0.3, 0.4) is 0 Å². The Labute approximate surface area is 102 Å². The van der Waals surface area contributed by atoms with E-state index in [1.807, 2.05) is 17.0 Å². The Morgan fingerprint density at radius 2 is 1.94 bits per heavy atom. The van der Waals surface area contributed by atoms with E-state index in [4.69, 9.17) is 0 Å². The van der Waals surface area contributed by atoms with Crippen LogP contribution in [0.5, 0.6) is 0 Å². The molecule has 0 aliphatic carbocycles. The Morgan fingerprint density at radius 1 is 1.29 bits per heavy atom. The van der Waals surface area contributed by atoms with Gasteiger partial charge in [0.1, 0.15) is 6.10 Å². The van der Waals surface area contributed by atoms with Crippen LogP contribution in [0.4, 0.5) is 0 Å². The van der Waals surface area contributed by atoms with Gasteiger partial charge >= 0.3 is 0 Å². The number of aliphatic hydroxyl groups excluding tert-OH is 2. The molecule has 0 amide bonds. The quantitative estimate of drug-likeness (QED) is 0.827. The number of nitrogens with zero attached hydrogens (tertiary/aromatic N) is 1. The Bertz CT molecular complexity index is 414. The maximum absolute atomic E-state index is 9.80. The summed E-state index contributed by atoms with van der Waals surface area (Å²) in [5.74, 6) is 0. The molecule has 0 saturated carbocycles. The Balaban J connectivity index is 2.10. The fourth-order valence-corrected chi connectivity index (χ4v) is 2.21. The predicted octanol–water partition coefficient (Wildman–Crippen LogP) is 1.30. The van der Waals surface area contributed by atoms with Crippen molar-refractivity contribution in [3.63, 3.8) is 0 Å². The van der Waals surface area contributed by atoms with Crippen LogP contribution in [0.1, 0.15) is 18.1 Å². The summed E-state index contributed by atoms with van der Waals surface area (Å²) in [5, 5.41) is 19.2. The number of hydrogen-bond donors (Lipinski definition) is 2. The highest BCUT2D eigenvalue weighted by molar-refractivity contribution is 5.30. The molecule has 1 heterocycles. The molecule has 0 radical (unpaired) electrons. The summed E-state index contributed by atoms with van der Waals surface area (Å²) < 4.78 is 0. The molecule has 2 atom stereocenters. The molecule has 0 bridgehead atoms. The maximum Gasteiger partial charge on any atom is 0.118 e. The summed E-state index contributed by atoms with van der Waals surface area (Å²) >= 11 is 0. The first-order chi connectivity index (χ1) is 8.09. The Hall–Kier alpha value is -1.32. The van der Waals surface area contributed by atoms with Crippen molar-refractivity contribution in [3.8, 4) is 0 Å². The van der Waals surface area contributed by atoms with Gasteiger partial charge in [-0.1, -0.05) is 30.8 Å². The fraction of sp³-hybridized carbons (Fsp3) is 0.429. The third kappa shape index (κ3) is 2.51. The lowest BCUT2D eigenvalue weighted by Gasteiger charge is -2.34. The van der Waals surface area contributed by atoms with Gasteiger partial charge in [-0.15, -0.1) is 0 Å². The maximum atomic E-state index is 9.80. The van der Waals surface area contributed by atoms with Crippen molar-refractivity contribution in [2.75, 3.05) is 6.54 Å². The third-order valence-corrected chi connectivity index (χ3v) is 3.34. The monoisotopic (exact) mass is 233 g/mol. The molecule has 2 unspecified atom stereocenters. The van der Waals surface area contributed by atoms with E-state index in [1.165, 1.54) is 11.1 Å². The second kappa shape index (κ2) is 4.90. The Morgan fingerprint density at radius 3 is 2.59 bits per heavy atom. The van der Waals surface area contributed by atoms with E-state index in [9.17, 15) is 10.2 Å². The van der Waals surface area contributed by atoms with Crippen LogP contribution in [0.25, 0.3) is 0 Å². The molecular weight excluding hydrogens is 214 g/mol. The fourth-order valence-electron chi connectivity index (χ4n) is 2.21. The normalized spacial score (nSPS) is 18.4. The van der Waals surface area contributed by atoms with E-state index in [2.05, 4.69) is 18.7 Å². The summed E-state index contributed by atoms with van der Waals surface area (Å²) in [6, 6.07) is 8.31. The van der Waals surface area contributed by atoms with Crippen molar-refractivity contribution in [2.45, 2.75) is 32.1 Å². The lowest BCUT2D eigenvalue weighted by atomic mass is 9.98. The molecule has 3 heteroatoms. The van der Waals surface area contributed by atoms with Gasteiger partial charge in [-0.3, -0.25) is 0 Å². The van der Waals surface area contributed by atoms with Gasteiger partial charge in [0.15, 0.2) is 0 Å². The minimum Gasteiger partial charge on any atom is -0.390 e. The Kier molecular flexibility index (Phi) is 3.50. The van der Waals surface area contributed by atoms with Crippen molar-refractivity contribution in [2.24, 2.45) is 0 Å². The van der Waals surface area contributed by atoms with Gasteiger partial charge in [-0.2, -0.15) is 0 Å². The minimum absolute atomic E-state index is 0.606. The average Bonchev–Trinajstić information content (AvgIpc) is 2.36. The molecule has 0 spiro atoms. The molecule has 2 rings (SSSR count). The van der Waals surface area contributed by atoms with E-state index in [0.29, 0.717) is 5.70 Å². The number of aliphatic hydroxyl groups is 2. The van der Waals surface area contributed by atoms with Crippen molar-refractivity contribution >= 4 is 0 Å². The lowest BCUT2D eigenvalue weighted by molar-refractivity contribution is 0.0346. The van der Waals surface area contributed by atoms with Gasteiger partial charge in [0, 0.05) is 18.8 Å². The first-order valence-electron chi connectivity index (χ1n) is 5.96. The van der Waals surface area contributed by atoms with Crippen LogP contribution in [0.15, 0.2) is 36.5 Å². The zero-order valence-corrected chi connectivity index (χ0v) is 10.1. The van der Waals surface area contributed by atoms with Crippen LogP contribution in [0.2, 0.25) is 0 Å². The SMILES string of the molecule is C=C(C(O)C(C)O)N1CCc2ccccc2C1. The highest BCUT2D eigenvalue weighted by Gasteiger charge is 2.23. The summed E-state index contributed by atoms with van der Waals surface area (Å²) in [6.07, 6.45) is -0.693. The molecular formula is C14H19NO2. The van der Waals surface area contributed by atoms with Crippen molar-refractivity contribution in [1.82, 2.24) is 4.90 Å². The van der Waals surface area contributed by atoms with Gasteiger partial charge in [-0.25, -0.2) is 0 Å². The first kappa shape index (κ1) is 12.1. The van der Waals surface area contributed by atoms with E-state index in [0.717, 1.165) is 19.5 Å². The van der Waals surface area contributed by atoms with Crippen LogP contribution in [-0.4, -0.2) is 33.9 Å². The molecule has 0 aromatic heterocycles. The zero-order valence-electron chi connectivity index (χ0n) is 10.1. The highest BCUT2D eigenvalue weighted by atomic mass is 16.3. The largest absolute Gasteiger partial charge is 0.390 e. The van der Waals surface area contributed by atoms with E-state index in [-0.39, 0.29) is 0 Å². The molecule has 1 aliphatic heterocycles. The summed E-state index contributed by atoms with van der Waals surface area (Å²) in [5.41, 5.74) is 3.25. The smallest absolute Gasteiger partial charge is 0.118 e. The van der Waals surface area contributed by atoms with Crippen molar-refractivity contribution < 1.29 is 10.2 Å². The predicted molar refractivity (Wildman–Crippen MR) is 67.4 cm³/mol. The average molecular weight is 233 g/mol. The molecule has 92 valence electrons. The van der Waals surface area contributed by atoms with E-state index >= 15 is 0 Å². The highest BCUT2D eigenvalue weighted by Crippen LogP contribution is 2.23. The van der Waals surface area contributed by atoms with Crippen LogP contribution in [0, 0.1) is 0 Å². The van der Waals surface area contributed by atoms with Gasteiger partial charge in [0.05, 0.1) is 6.10 Å². The van der Waals surface area contributed by atoms with Gasteiger partial charge in [0.25, 0.3) is 0 Å². The summed E-state index contributed by atoms with van der Waals surface area (Å²) in [4.78, 5) is 2.04. The number of benzene rings is 1.